The molecule has 0 radical (unpaired) electrons. The zero-order chi connectivity index (χ0) is 23.2. The van der Waals surface area contributed by atoms with E-state index in [0.29, 0.717) is 11.1 Å². The van der Waals surface area contributed by atoms with Crippen molar-refractivity contribution in [2.24, 2.45) is 5.10 Å². The molecule has 7 heteroatoms. The van der Waals surface area contributed by atoms with Crippen LogP contribution in [0.15, 0.2) is 96.1 Å². The van der Waals surface area contributed by atoms with E-state index < -0.39 is 18.0 Å². The fourth-order valence-electron chi connectivity index (χ4n) is 3.29. The molecule has 4 aromatic rings. The standard InChI is InChI=1S/C26H19ClN2O4/c27-22-13-7-6-12-20(22)26(32)33-23-15-14-17-8-4-5-11-19(17)21(23)16-28-29-25(31)24(30)18-9-2-1-3-10-18/h1-16,24,30H,(H,29,31)/b28-16-/t24-/m1/s1. The molecule has 4 rings (SSSR count). The smallest absolute Gasteiger partial charge is 0.345 e. The average Bonchev–Trinajstić information content (AvgIpc) is 2.85. The van der Waals surface area contributed by atoms with Crippen LogP contribution in [-0.2, 0) is 4.79 Å². The summed E-state index contributed by atoms with van der Waals surface area (Å²) >= 11 is 6.12. The fourth-order valence-corrected chi connectivity index (χ4v) is 3.50. The molecule has 4 aromatic carbocycles. The van der Waals surface area contributed by atoms with Gasteiger partial charge in [-0.25, -0.2) is 10.2 Å². The third kappa shape index (κ3) is 5.09. The molecular weight excluding hydrogens is 440 g/mol. The Kier molecular flexibility index (Phi) is 6.78. The molecule has 0 saturated heterocycles. The second kappa shape index (κ2) is 10.1. The first kappa shape index (κ1) is 22.2. The number of halogens is 1. The second-order valence-corrected chi connectivity index (χ2v) is 7.52. The SMILES string of the molecule is O=C(Oc1ccc2ccccc2c1/C=N\NC(=O)[C@H](O)c1ccccc1)c1ccccc1Cl. The first-order valence-corrected chi connectivity index (χ1v) is 10.5. The van der Waals surface area contributed by atoms with Crippen LogP contribution in [-0.4, -0.2) is 23.2 Å². The number of nitrogens with one attached hydrogen (secondary N) is 1. The second-order valence-electron chi connectivity index (χ2n) is 7.12. The maximum Gasteiger partial charge on any atom is 0.345 e. The van der Waals surface area contributed by atoms with Crippen LogP contribution in [0.5, 0.6) is 5.75 Å². The van der Waals surface area contributed by atoms with Crippen LogP contribution in [0.4, 0.5) is 0 Å². The van der Waals surface area contributed by atoms with Gasteiger partial charge in [0.05, 0.1) is 16.8 Å². The molecular formula is C26H19ClN2O4. The number of rotatable bonds is 6. The van der Waals surface area contributed by atoms with E-state index in [-0.39, 0.29) is 16.3 Å². The van der Waals surface area contributed by atoms with Gasteiger partial charge in [-0.15, -0.1) is 0 Å². The van der Waals surface area contributed by atoms with Gasteiger partial charge in [0.1, 0.15) is 5.75 Å². The summed E-state index contributed by atoms with van der Waals surface area (Å²) < 4.78 is 5.62. The summed E-state index contributed by atoms with van der Waals surface area (Å²) in [6, 6.07) is 26.1. The minimum Gasteiger partial charge on any atom is -0.422 e. The topological polar surface area (TPSA) is 88.0 Å². The van der Waals surface area contributed by atoms with E-state index in [2.05, 4.69) is 10.5 Å². The van der Waals surface area contributed by atoms with Crippen LogP contribution in [0.3, 0.4) is 0 Å². The first-order valence-electron chi connectivity index (χ1n) is 10.1. The molecule has 0 aliphatic heterocycles. The molecule has 1 amide bonds. The Morgan fingerprint density at radius 2 is 1.61 bits per heavy atom. The minimum atomic E-state index is -1.37. The van der Waals surface area contributed by atoms with Crippen molar-refractivity contribution in [2.75, 3.05) is 0 Å². The summed E-state index contributed by atoms with van der Waals surface area (Å²) in [5, 5.41) is 16.2. The summed E-state index contributed by atoms with van der Waals surface area (Å²) in [5.74, 6) is -1.05. The molecule has 2 N–H and O–H groups in total. The summed E-state index contributed by atoms with van der Waals surface area (Å²) in [6.07, 6.45) is 0.0149. The number of benzene rings is 4. The van der Waals surface area contributed by atoms with E-state index in [1.165, 1.54) is 6.21 Å². The normalized spacial score (nSPS) is 11.9. The first-order chi connectivity index (χ1) is 16.0. The number of hydrogen-bond donors (Lipinski definition) is 2. The highest BCUT2D eigenvalue weighted by Crippen LogP contribution is 2.28. The van der Waals surface area contributed by atoms with Gasteiger partial charge in [0.25, 0.3) is 5.91 Å². The van der Waals surface area contributed by atoms with Crippen LogP contribution < -0.4 is 10.2 Å². The van der Waals surface area contributed by atoms with Gasteiger partial charge in [0, 0.05) is 5.56 Å². The minimum absolute atomic E-state index is 0.231. The van der Waals surface area contributed by atoms with Gasteiger partial charge in [-0.1, -0.05) is 84.4 Å². The lowest BCUT2D eigenvalue weighted by Gasteiger charge is -2.12. The van der Waals surface area contributed by atoms with Gasteiger partial charge < -0.3 is 9.84 Å². The fraction of sp³-hybridized carbons (Fsp3) is 0.0385. The predicted octanol–water partition coefficient (Wildman–Crippen LogP) is 4.90. The quantitative estimate of drug-likeness (QED) is 0.186. The number of fused-ring (bicyclic) bond motifs is 1. The van der Waals surface area contributed by atoms with Crippen molar-refractivity contribution in [3.05, 3.63) is 113 Å². The Bertz CT molecular complexity index is 1340. The number of hydrogen-bond acceptors (Lipinski definition) is 5. The highest BCUT2D eigenvalue weighted by atomic mass is 35.5. The van der Waals surface area contributed by atoms with Gasteiger partial charge in [0.2, 0.25) is 0 Å². The lowest BCUT2D eigenvalue weighted by atomic mass is 10.0. The molecule has 0 aliphatic rings. The number of ether oxygens (including phenoxy) is 1. The third-order valence-corrected chi connectivity index (χ3v) is 5.29. The number of aliphatic hydroxyl groups is 1. The molecule has 33 heavy (non-hydrogen) atoms. The van der Waals surface area contributed by atoms with E-state index in [4.69, 9.17) is 16.3 Å². The van der Waals surface area contributed by atoms with Crippen LogP contribution in [0.25, 0.3) is 10.8 Å². The molecule has 0 unspecified atom stereocenters. The molecule has 164 valence electrons. The monoisotopic (exact) mass is 458 g/mol. The largest absolute Gasteiger partial charge is 0.422 e. The summed E-state index contributed by atoms with van der Waals surface area (Å²) in [6.45, 7) is 0. The molecule has 0 heterocycles. The van der Waals surface area contributed by atoms with E-state index in [9.17, 15) is 14.7 Å². The van der Waals surface area contributed by atoms with Gasteiger partial charge >= 0.3 is 5.97 Å². The lowest BCUT2D eigenvalue weighted by Crippen LogP contribution is -2.25. The van der Waals surface area contributed by atoms with Crippen molar-refractivity contribution < 1.29 is 19.4 Å². The predicted molar refractivity (Wildman–Crippen MR) is 127 cm³/mol. The van der Waals surface area contributed by atoms with Crippen molar-refractivity contribution in [1.29, 1.82) is 0 Å². The number of esters is 1. The van der Waals surface area contributed by atoms with Gasteiger partial charge in [-0.3, -0.25) is 4.79 Å². The summed E-state index contributed by atoms with van der Waals surface area (Å²) in [7, 11) is 0. The van der Waals surface area contributed by atoms with Crippen molar-refractivity contribution in [3.8, 4) is 5.75 Å². The molecule has 6 nitrogen and oxygen atoms in total. The highest BCUT2D eigenvalue weighted by molar-refractivity contribution is 6.33. The Hall–Kier alpha value is -4.00. The molecule has 0 aromatic heterocycles. The number of amides is 1. The number of carbonyl (C=O) groups excluding carboxylic acids is 2. The van der Waals surface area contributed by atoms with Crippen LogP contribution in [0, 0.1) is 0 Å². The summed E-state index contributed by atoms with van der Waals surface area (Å²) in [4.78, 5) is 25.0. The maximum absolute atomic E-state index is 12.7. The van der Waals surface area contributed by atoms with Gasteiger partial charge in [0.15, 0.2) is 6.10 Å². The average molecular weight is 459 g/mol. The number of nitrogens with zero attached hydrogens (tertiary/aromatic N) is 1. The lowest BCUT2D eigenvalue weighted by molar-refractivity contribution is -0.129. The molecule has 0 aliphatic carbocycles. The Morgan fingerprint density at radius 3 is 2.39 bits per heavy atom. The molecule has 0 bridgehead atoms. The van der Waals surface area contributed by atoms with Gasteiger partial charge in [-0.05, 0) is 34.5 Å². The molecule has 0 saturated carbocycles. The van der Waals surface area contributed by atoms with Crippen molar-refractivity contribution in [1.82, 2.24) is 5.43 Å². The van der Waals surface area contributed by atoms with E-state index in [1.807, 2.05) is 30.3 Å². The molecule has 0 spiro atoms. The number of carbonyl (C=O) groups is 2. The van der Waals surface area contributed by atoms with Crippen LogP contribution in [0.2, 0.25) is 5.02 Å². The van der Waals surface area contributed by atoms with E-state index in [0.717, 1.165) is 10.8 Å². The molecule has 1 atom stereocenters. The molecule has 0 fully saturated rings. The van der Waals surface area contributed by atoms with E-state index in [1.54, 1.807) is 60.7 Å². The Labute approximate surface area is 195 Å². The number of aliphatic hydroxyl groups excluding tert-OH is 1. The van der Waals surface area contributed by atoms with Crippen molar-refractivity contribution in [3.63, 3.8) is 0 Å². The zero-order valence-electron chi connectivity index (χ0n) is 17.3. The van der Waals surface area contributed by atoms with Crippen molar-refractivity contribution >= 4 is 40.5 Å². The third-order valence-electron chi connectivity index (χ3n) is 4.96. The Balaban J connectivity index is 1.61. The van der Waals surface area contributed by atoms with E-state index >= 15 is 0 Å². The zero-order valence-corrected chi connectivity index (χ0v) is 18.1. The maximum atomic E-state index is 12.7. The van der Waals surface area contributed by atoms with Gasteiger partial charge in [-0.2, -0.15) is 5.10 Å². The van der Waals surface area contributed by atoms with Crippen molar-refractivity contribution in [2.45, 2.75) is 6.10 Å². The Morgan fingerprint density at radius 1 is 0.909 bits per heavy atom. The number of hydrazone groups is 1. The summed E-state index contributed by atoms with van der Waals surface area (Å²) in [5.41, 5.74) is 3.50. The highest BCUT2D eigenvalue weighted by Gasteiger charge is 2.17. The van der Waals surface area contributed by atoms with Crippen LogP contribution >= 0.6 is 11.6 Å². The van der Waals surface area contributed by atoms with Crippen LogP contribution in [0.1, 0.15) is 27.6 Å².